The van der Waals surface area contributed by atoms with E-state index in [4.69, 9.17) is 9.47 Å². The molecule has 2 aromatic rings. The van der Waals surface area contributed by atoms with Gasteiger partial charge in [-0.25, -0.2) is 4.39 Å². The Kier molecular flexibility index (Phi) is 9.24. The summed E-state index contributed by atoms with van der Waals surface area (Å²) < 4.78 is 25.1. The van der Waals surface area contributed by atoms with Gasteiger partial charge in [-0.05, 0) is 50.8 Å². The van der Waals surface area contributed by atoms with E-state index < -0.39 is 0 Å². The van der Waals surface area contributed by atoms with Crippen molar-refractivity contribution in [3.8, 4) is 11.5 Å². The van der Waals surface area contributed by atoms with Gasteiger partial charge in [-0.2, -0.15) is 0 Å². The van der Waals surface area contributed by atoms with Crippen molar-refractivity contribution >= 4 is 5.96 Å². The topological polar surface area (TPSA) is 58.1 Å². The van der Waals surface area contributed by atoms with E-state index >= 15 is 0 Å². The SMILES string of the molecule is CN=C(NCc1cccc(OCCN(C)C)c1)NCC(C)Oc1ccccc1F. The number of para-hydroxylation sites is 1. The summed E-state index contributed by atoms with van der Waals surface area (Å²) in [5.74, 6) is 1.37. The number of aliphatic imine (C=N–C) groups is 1. The lowest BCUT2D eigenvalue weighted by molar-refractivity contribution is 0.214. The lowest BCUT2D eigenvalue weighted by Gasteiger charge is -2.18. The van der Waals surface area contributed by atoms with E-state index in [1.54, 1.807) is 25.2 Å². The molecular weight excluding hydrogens is 371 g/mol. The Hall–Kier alpha value is -2.80. The van der Waals surface area contributed by atoms with Crippen LogP contribution in [0.5, 0.6) is 11.5 Å². The summed E-state index contributed by atoms with van der Waals surface area (Å²) in [5.41, 5.74) is 1.09. The number of hydrogen-bond donors (Lipinski definition) is 2. The summed E-state index contributed by atoms with van der Waals surface area (Å²) in [7, 11) is 5.74. The molecule has 6 nitrogen and oxygen atoms in total. The van der Waals surface area contributed by atoms with Crippen LogP contribution in [0.4, 0.5) is 4.39 Å². The quantitative estimate of drug-likeness (QED) is 0.473. The smallest absolute Gasteiger partial charge is 0.191 e. The van der Waals surface area contributed by atoms with E-state index in [1.807, 2.05) is 45.3 Å². The summed E-state index contributed by atoms with van der Waals surface area (Å²) in [4.78, 5) is 6.30. The molecule has 0 radical (unpaired) electrons. The molecular formula is C22H31FN4O2. The normalized spacial score (nSPS) is 12.6. The first-order chi connectivity index (χ1) is 14.0. The third kappa shape index (κ3) is 8.39. The Labute approximate surface area is 172 Å². The summed E-state index contributed by atoms with van der Waals surface area (Å²) >= 11 is 0. The van der Waals surface area contributed by atoms with Crippen LogP contribution in [0.1, 0.15) is 12.5 Å². The predicted octanol–water partition coefficient (Wildman–Crippen LogP) is 2.90. The van der Waals surface area contributed by atoms with Crippen molar-refractivity contribution in [2.45, 2.75) is 19.6 Å². The van der Waals surface area contributed by atoms with Gasteiger partial charge in [0.2, 0.25) is 0 Å². The third-order valence-corrected chi connectivity index (χ3v) is 4.11. The molecule has 0 heterocycles. The average molecular weight is 403 g/mol. The van der Waals surface area contributed by atoms with Crippen molar-refractivity contribution in [3.63, 3.8) is 0 Å². The number of rotatable bonds is 10. The van der Waals surface area contributed by atoms with Crippen LogP contribution in [0.3, 0.4) is 0 Å². The highest BCUT2D eigenvalue weighted by molar-refractivity contribution is 5.79. The first-order valence-electron chi connectivity index (χ1n) is 9.70. The number of halogens is 1. The second kappa shape index (κ2) is 11.9. The summed E-state index contributed by atoms with van der Waals surface area (Å²) in [6.45, 7) is 4.48. The maximum atomic E-state index is 13.7. The summed E-state index contributed by atoms with van der Waals surface area (Å²) in [5, 5.41) is 6.46. The van der Waals surface area contributed by atoms with E-state index in [-0.39, 0.29) is 17.7 Å². The first-order valence-corrected chi connectivity index (χ1v) is 9.70. The molecule has 0 aliphatic heterocycles. The van der Waals surface area contributed by atoms with E-state index in [9.17, 15) is 4.39 Å². The zero-order valence-corrected chi connectivity index (χ0v) is 17.6. The van der Waals surface area contributed by atoms with Gasteiger partial charge in [0.05, 0.1) is 6.54 Å². The van der Waals surface area contributed by atoms with E-state index in [2.05, 4.69) is 20.5 Å². The monoisotopic (exact) mass is 402 g/mol. The van der Waals surface area contributed by atoms with Gasteiger partial charge in [-0.3, -0.25) is 4.99 Å². The molecule has 2 aromatic carbocycles. The van der Waals surface area contributed by atoms with E-state index in [0.717, 1.165) is 17.9 Å². The number of nitrogens with zero attached hydrogens (tertiary/aromatic N) is 2. The standard InChI is InChI=1S/C22H31FN4O2/c1-17(29-21-11-6-5-10-20(21)23)15-25-22(24-2)26-16-18-8-7-9-19(14-18)28-13-12-27(3)4/h5-11,14,17H,12-13,15-16H2,1-4H3,(H2,24,25,26). The highest BCUT2D eigenvalue weighted by Gasteiger charge is 2.09. The molecule has 0 amide bonds. The number of ether oxygens (including phenoxy) is 2. The van der Waals surface area contributed by atoms with Gasteiger partial charge in [0.1, 0.15) is 18.5 Å². The van der Waals surface area contributed by atoms with Gasteiger partial charge in [0.25, 0.3) is 0 Å². The maximum Gasteiger partial charge on any atom is 0.191 e. The average Bonchev–Trinajstić information content (AvgIpc) is 2.70. The minimum Gasteiger partial charge on any atom is -0.492 e. The lowest BCUT2D eigenvalue weighted by Crippen LogP contribution is -2.41. The molecule has 0 fully saturated rings. The van der Waals surface area contributed by atoms with E-state index in [0.29, 0.717) is 25.7 Å². The number of hydrogen-bond acceptors (Lipinski definition) is 4. The largest absolute Gasteiger partial charge is 0.492 e. The predicted molar refractivity (Wildman–Crippen MR) is 115 cm³/mol. The van der Waals surface area contributed by atoms with E-state index in [1.165, 1.54) is 6.07 Å². The molecule has 0 aromatic heterocycles. The molecule has 29 heavy (non-hydrogen) atoms. The van der Waals surface area contributed by atoms with Gasteiger partial charge < -0.3 is 25.0 Å². The Bertz CT molecular complexity index is 783. The second-order valence-electron chi connectivity index (χ2n) is 6.96. The van der Waals surface area contributed by atoms with Crippen LogP contribution in [0.25, 0.3) is 0 Å². The van der Waals surface area contributed by atoms with Crippen LogP contribution >= 0.6 is 0 Å². The fourth-order valence-electron chi connectivity index (χ4n) is 2.54. The molecule has 2 N–H and O–H groups in total. The van der Waals surface area contributed by atoms with Crippen LogP contribution in [0.15, 0.2) is 53.5 Å². The Morgan fingerprint density at radius 3 is 2.66 bits per heavy atom. The van der Waals surface area contributed by atoms with Crippen LogP contribution in [-0.4, -0.2) is 57.8 Å². The molecule has 0 spiro atoms. The molecule has 158 valence electrons. The molecule has 0 bridgehead atoms. The number of guanidine groups is 1. The zero-order chi connectivity index (χ0) is 21.1. The van der Waals surface area contributed by atoms with Crippen LogP contribution in [0.2, 0.25) is 0 Å². The number of nitrogens with one attached hydrogen (secondary N) is 2. The van der Waals surface area contributed by atoms with Crippen LogP contribution in [-0.2, 0) is 6.54 Å². The first kappa shape index (κ1) is 22.5. The zero-order valence-electron chi connectivity index (χ0n) is 17.6. The summed E-state index contributed by atoms with van der Waals surface area (Å²) in [6.07, 6.45) is -0.223. The van der Waals surface area contributed by atoms with Gasteiger partial charge in [-0.1, -0.05) is 24.3 Å². The highest BCUT2D eigenvalue weighted by atomic mass is 19.1. The van der Waals surface area contributed by atoms with Gasteiger partial charge in [0, 0.05) is 20.1 Å². The number of benzene rings is 2. The van der Waals surface area contributed by atoms with Crippen LogP contribution in [0, 0.1) is 5.82 Å². The molecule has 0 saturated heterocycles. The molecule has 0 saturated carbocycles. The molecule has 1 unspecified atom stereocenters. The van der Waals surface area contributed by atoms with Gasteiger partial charge in [0.15, 0.2) is 17.5 Å². The number of likely N-dealkylation sites (N-methyl/N-ethyl adjacent to an activating group) is 1. The summed E-state index contributed by atoms with van der Waals surface area (Å²) in [6, 6.07) is 14.4. The Morgan fingerprint density at radius 1 is 1.14 bits per heavy atom. The van der Waals surface area contributed by atoms with Crippen molar-refractivity contribution in [1.82, 2.24) is 15.5 Å². The minimum absolute atomic E-state index is 0.223. The fraction of sp³-hybridized carbons (Fsp3) is 0.409. The molecule has 7 heteroatoms. The second-order valence-corrected chi connectivity index (χ2v) is 6.96. The molecule has 1 atom stereocenters. The third-order valence-electron chi connectivity index (χ3n) is 4.11. The maximum absolute atomic E-state index is 13.7. The molecule has 0 aliphatic carbocycles. The van der Waals surface area contributed by atoms with Crippen molar-refractivity contribution in [1.29, 1.82) is 0 Å². The molecule has 0 aliphatic rings. The van der Waals surface area contributed by atoms with Gasteiger partial charge >= 0.3 is 0 Å². The van der Waals surface area contributed by atoms with Gasteiger partial charge in [-0.15, -0.1) is 0 Å². The Morgan fingerprint density at radius 2 is 1.93 bits per heavy atom. The molecule has 2 rings (SSSR count). The lowest BCUT2D eigenvalue weighted by atomic mass is 10.2. The van der Waals surface area contributed by atoms with Crippen molar-refractivity contribution < 1.29 is 13.9 Å². The van der Waals surface area contributed by atoms with Crippen molar-refractivity contribution in [2.75, 3.05) is 40.8 Å². The minimum atomic E-state index is -0.366. The van der Waals surface area contributed by atoms with Crippen molar-refractivity contribution in [3.05, 3.63) is 59.9 Å². The van der Waals surface area contributed by atoms with Crippen LogP contribution < -0.4 is 20.1 Å². The fourth-order valence-corrected chi connectivity index (χ4v) is 2.54. The van der Waals surface area contributed by atoms with Crippen molar-refractivity contribution in [2.24, 2.45) is 4.99 Å². The Balaban J connectivity index is 1.78. The highest BCUT2D eigenvalue weighted by Crippen LogP contribution is 2.16.